The van der Waals surface area contributed by atoms with Crippen molar-refractivity contribution < 1.29 is 4.74 Å². The molecule has 6 heteroatoms. The van der Waals surface area contributed by atoms with E-state index in [0.29, 0.717) is 12.4 Å². The van der Waals surface area contributed by atoms with Crippen LogP contribution >= 0.6 is 0 Å². The molecule has 0 unspecified atom stereocenters. The molecule has 21 heavy (non-hydrogen) atoms. The van der Waals surface area contributed by atoms with Crippen molar-refractivity contribution in [1.29, 1.82) is 0 Å². The van der Waals surface area contributed by atoms with Gasteiger partial charge in [-0.1, -0.05) is 13.0 Å². The van der Waals surface area contributed by atoms with Gasteiger partial charge in [0.05, 0.1) is 7.11 Å². The number of hydrogen-bond acceptors (Lipinski definition) is 6. The fraction of sp³-hybridized carbons (Fsp3) is 0.400. The van der Waals surface area contributed by atoms with Crippen molar-refractivity contribution in [2.24, 2.45) is 0 Å². The molecule has 0 saturated carbocycles. The fourth-order valence-corrected chi connectivity index (χ4v) is 1.87. The third-order valence-electron chi connectivity index (χ3n) is 3.09. The Labute approximate surface area is 125 Å². The number of pyridine rings is 1. The highest BCUT2D eigenvalue weighted by molar-refractivity contribution is 5.56. The first-order chi connectivity index (χ1) is 10.2. The molecule has 0 aromatic carbocycles. The van der Waals surface area contributed by atoms with Gasteiger partial charge in [0.25, 0.3) is 0 Å². The Kier molecular flexibility index (Phi) is 5.31. The Morgan fingerprint density at radius 2 is 1.86 bits per heavy atom. The first kappa shape index (κ1) is 15.0. The van der Waals surface area contributed by atoms with Crippen LogP contribution in [-0.2, 0) is 6.54 Å². The van der Waals surface area contributed by atoms with Crippen LogP contribution in [0, 0.1) is 6.92 Å². The largest absolute Gasteiger partial charge is 0.481 e. The summed E-state index contributed by atoms with van der Waals surface area (Å²) < 4.78 is 5.04. The molecule has 2 heterocycles. The van der Waals surface area contributed by atoms with E-state index in [-0.39, 0.29) is 0 Å². The summed E-state index contributed by atoms with van der Waals surface area (Å²) in [5.74, 6) is 2.32. The molecule has 0 aliphatic rings. The molecule has 0 amide bonds. The molecule has 0 aliphatic carbocycles. The molecule has 0 saturated heterocycles. The van der Waals surface area contributed by atoms with Crippen molar-refractivity contribution in [3.63, 3.8) is 0 Å². The molecule has 6 nitrogen and oxygen atoms in total. The van der Waals surface area contributed by atoms with E-state index in [1.807, 2.05) is 19.1 Å². The maximum absolute atomic E-state index is 5.04. The Bertz CT molecular complexity index is 571. The number of methoxy groups -OCH3 is 1. The van der Waals surface area contributed by atoms with E-state index in [2.05, 4.69) is 32.5 Å². The summed E-state index contributed by atoms with van der Waals surface area (Å²) in [6.45, 7) is 5.69. The second-order valence-electron chi connectivity index (χ2n) is 4.69. The number of aromatic nitrogens is 3. The first-order valence-electron chi connectivity index (χ1n) is 7.02. The lowest BCUT2D eigenvalue weighted by molar-refractivity contribution is 0.397. The lowest BCUT2D eigenvalue weighted by Crippen LogP contribution is -2.09. The van der Waals surface area contributed by atoms with E-state index >= 15 is 0 Å². The lowest BCUT2D eigenvalue weighted by atomic mass is 10.2. The van der Waals surface area contributed by atoms with Crippen LogP contribution in [0.5, 0.6) is 5.88 Å². The number of rotatable bonds is 7. The molecule has 2 aromatic heterocycles. The maximum Gasteiger partial charge on any atom is 0.212 e. The van der Waals surface area contributed by atoms with Crippen LogP contribution in [0.2, 0.25) is 0 Å². The van der Waals surface area contributed by atoms with E-state index in [9.17, 15) is 0 Å². The molecule has 0 radical (unpaired) electrons. The zero-order chi connectivity index (χ0) is 15.1. The minimum atomic E-state index is 0.614. The van der Waals surface area contributed by atoms with Crippen LogP contribution in [0.1, 0.15) is 24.5 Å². The quantitative estimate of drug-likeness (QED) is 0.815. The highest BCUT2D eigenvalue weighted by Crippen LogP contribution is 2.19. The minimum Gasteiger partial charge on any atom is -0.481 e. The van der Waals surface area contributed by atoms with Crippen LogP contribution in [0.3, 0.4) is 0 Å². The highest BCUT2D eigenvalue weighted by Gasteiger charge is 2.06. The number of nitrogens with one attached hydrogen (secondary N) is 2. The van der Waals surface area contributed by atoms with Crippen molar-refractivity contribution in [3.05, 3.63) is 35.8 Å². The van der Waals surface area contributed by atoms with E-state index < -0.39 is 0 Å². The molecule has 0 bridgehead atoms. The van der Waals surface area contributed by atoms with Gasteiger partial charge < -0.3 is 15.4 Å². The van der Waals surface area contributed by atoms with Gasteiger partial charge in [-0.15, -0.1) is 0 Å². The van der Waals surface area contributed by atoms with E-state index in [1.165, 1.54) is 0 Å². The van der Waals surface area contributed by atoms with Crippen molar-refractivity contribution >= 4 is 11.6 Å². The average molecular weight is 287 g/mol. The van der Waals surface area contributed by atoms with Gasteiger partial charge in [0.1, 0.15) is 18.0 Å². The van der Waals surface area contributed by atoms with Gasteiger partial charge in [-0.2, -0.15) is 0 Å². The van der Waals surface area contributed by atoms with Crippen LogP contribution in [0.15, 0.2) is 24.7 Å². The molecular formula is C15H21N5O. The number of anilines is 2. The standard InChI is InChI=1S/C15H21N5O/c1-4-7-16-14-11(2)15(20-10-19-14)18-9-12-5-6-13(21-3)17-8-12/h5-6,8,10H,4,7,9H2,1-3H3,(H2,16,18,19,20). The van der Waals surface area contributed by atoms with Crippen molar-refractivity contribution in [2.45, 2.75) is 26.8 Å². The van der Waals surface area contributed by atoms with Crippen LogP contribution < -0.4 is 15.4 Å². The summed E-state index contributed by atoms with van der Waals surface area (Å²) in [4.78, 5) is 12.7. The molecule has 2 rings (SSSR count). The third kappa shape index (κ3) is 4.05. The summed E-state index contributed by atoms with van der Waals surface area (Å²) in [5, 5.41) is 6.61. The van der Waals surface area contributed by atoms with Crippen LogP contribution in [0.4, 0.5) is 11.6 Å². The zero-order valence-corrected chi connectivity index (χ0v) is 12.7. The van der Waals surface area contributed by atoms with E-state index in [1.54, 1.807) is 19.6 Å². The molecule has 0 fully saturated rings. The fourth-order valence-electron chi connectivity index (χ4n) is 1.87. The van der Waals surface area contributed by atoms with Gasteiger partial charge in [-0.25, -0.2) is 15.0 Å². The normalized spacial score (nSPS) is 10.2. The van der Waals surface area contributed by atoms with Crippen LogP contribution in [-0.4, -0.2) is 28.6 Å². The SMILES string of the molecule is CCCNc1ncnc(NCc2ccc(OC)nc2)c1C. The molecule has 2 aromatic rings. The Balaban J connectivity index is 2.01. The number of ether oxygens (including phenoxy) is 1. The van der Waals surface area contributed by atoms with Gasteiger partial charge in [-0.3, -0.25) is 0 Å². The van der Waals surface area contributed by atoms with E-state index in [0.717, 1.165) is 35.7 Å². The van der Waals surface area contributed by atoms with E-state index in [4.69, 9.17) is 4.74 Å². The van der Waals surface area contributed by atoms with Gasteiger partial charge in [0, 0.05) is 30.9 Å². The Morgan fingerprint density at radius 3 is 2.48 bits per heavy atom. The van der Waals surface area contributed by atoms with Gasteiger partial charge >= 0.3 is 0 Å². The number of nitrogens with zero attached hydrogens (tertiary/aromatic N) is 3. The van der Waals surface area contributed by atoms with Gasteiger partial charge in [0.2, 0.25) is 5.88 Å². The minimum absolute atomic E-state index is 0.614. The van der Waals surface area contributed by atoms with Gasteiger partial charge in [0.15, 0.2) is 0 Å². The molecule has 0 atom stereocenters. The maximum atomic E-state index is 5.04. The number of hydrogen-bond donors (Lipinski definition) is 2. The monoisotopic (exact) mass is 287 g/mol. The lowest BCUT2D eigenvalue weighted by Gasteiger charge is -2.12. The summed E-state index contributed by atoms with van der Waals surface area (Å²) >= 11 is 0. The third-order valence-corrected chi connectivity index (χ3v) is 3.09. The first-order valence-corrected chi connectivity index (χ1v) is 7.02. The van der Waals surface area contributed by atoms with Crippen molar-refractivity contribution in [1.82, 2.24) is 15.0 Å². The average Bonchev–Trinajstić information content (AvgIpc) is 2.53. The predicted octanol–water partition coefficient (Wildman–Crippen LogP) is 2.62. The Hall–Kier alpha value is -2.37. The smallest absolute Gasteiger partial charge is 0.212 e. The second kappa shape index (κ2) is 7.42. The Morgan fingerprint density at radius 1 is 1.10 bits per heavy atom. The molecule has 0 spiro atoms. The van der Waals surface area contributed by atoms with Crippen LogP contribution in [0.25, 0.3) is 0 Å². The zero-order valence-electron chi connectivity index (χ0n) is 12.7. The highest BCUT2D eigenvalue weighted by atomic mass is 16.5. The second-order valence-corrected chi connectivity index (χ2v) is 4.69. The summed E-state index contributed by atoms with van der Waals surface area (Å²) in [6.07, 6.45) is 4.42. The predicted molar refractivity (Wildman–Crippen MR) is 83.7 cm³/mol. The molecule has 0 aliphatic heterocycles. The summed E-state index contributed by atoms with van der Waals surface area (Å²) in [6, 6.07) is 3.82. The van der Waals surface area contributed by atoms with Crippen molar-refractivity contribution in [2.75, 3.05) is 24.3 Å². The van der Waals surface area contributed by atoms with Gasteiger partial charge in [-0.05, 0) is 18.9 Å². The molecule has 112 valence electrons. The molecular weight excluding hydrogens is 266 g/mol. The van der Waals surface area contributed by atoms with Crippen molar-refractivity contribution in [3.8, 4) is 5.88 Å². The topological polar surface area (TPSA) is 72.0 Å². The molecule has 2 N–H and O–H groups in total. The summed E-state index contributed by atoms with van der Waals surface area (Å²) in [5.41, 5.74) is 2.09. The summed E-state index contributed by atoms with van der Waals surface area (Å²) in [7, 11) is 1.61.